The molecule has 1 amide bonds. The second-order valence-corrected chi connectivity index (χ2v) is 6.42. The molecule has 4 rings (SSSR count). The molecule has 128 valence electrons. The summed E-state index contributed by atoms with van der Waals surface area (Å²) in [6, 6.07) is 10.9. The number of nitrogens with zero attached hydrogens (tertiary/aromatic N) is 4. The van der Waals surface area contributed by atoms with Crippen molar-refractivity contribution in [3.05, 3.63) is 53.5 Å². The summed E-state index contributed by atoms with van der Waals surface area (Å²) in [6.45, 7) is 5.26. The normalized spacial score (nSPS) is 14.6. The highest BCUT2D eigenvalue weighted by atomic mass is 16.3. The van der Waals surface area contributed by atoms with Crippen LogP contribution in [-0.4, -0.2) is 49.0 Å². The van der Waals surface area contributed by atoms with Crippen LogP contribution in [0, 0.1) is 13.8 Å². The van der Waals surface area contributed by atoms with Gasteiger partial charge in [-0.05, 0) is 38.1 Å². The van der Waals surface area contributed by atoms with Crippen molar-refractivity contribution in [1.82, 2.24) is 24.9 Å². The largest absolute Gasteiger partial charge is 0.507 e. The molecule has 2 N–H and O–H groups in total. The van der Waals surface area contributed by atoms with Gasteiger partial charge in [-0.25, -0.2) is 0 Å². The number of para-hydroxylation sites is 1. The van der Waals surface area contributed by atoms with Crippen molar-refractivity contribution in [1.29, 1.82) is 0 Å². The molecule has 25 heavy (non-hydrogen) atoms. The summed E-state index contributed by atoms with van der Waals surface area (Å²) in [4.78, 5) is 14.4. The number of phenolic OH excluding ortho intramolecular Hbond substituents is 1. The van der Waals surface area contributed by atoms with Gasteiger partial charge in [0.05, 0.1) is 17.4 Å². The fourth-order valence-electron chi connectivity index (χ4n) is 3.22. The van der Waals surface area contributed by atoms with Crippen LogP contribution >= 0.6 is 0 Å². The lowest BCUT2D eigenvalue weighted by Gasteiger charge is -2.39. The summed E-state index contributed by atoms with van der Waals surface area (Å²) in [5, 5.41) is 21.3. The average molecular weight is 337 g/mol. The van der Waals surface area contributed by atoms with E-state index in [0.29, 0.717) is 30.0 Å². The van der Waals surface area contributed by atoms with E-state index in [4.69, 9.17) is 0 Å². The first kappa shape index (κ1) is 15.4. The molecule has 3 aromatic rings. The molecular weight excluding hydrogens is 318 g/mol. The third-order valence-corrected chi connectivity index (χ3v) is 4.53. The molecule has 1 aromatic carbocycles. The fourth-order valence-corrected chi connectivity index (χ4v) is 3.22. The van der Waals surface area contributed by atoms with Gasteiger partial charge in [0.25, 0.3) is 5.91 Å². The van der Waals surface area contributed by atoms with Crippen LogP contribution in [-0.2, 0) is 0 Å². The number of hydrogen-bond donors (Lipinski definition) is 2. The number of nitrogens with one attached hydrogen (secondary N) is 1. The topological polar surface area (TPSA) is 87.0 Å². The van der Waals surface area contributed by atoms with Crippen molar-refractivity contribution in [3.8, 4) is 17.0 Å². The van der Waals surface area contributed by atoms with Crippen molar-refractivity contribution < 1.29 is 9.90 Å². The minimum Gasteiger partial charge on any atom is -0.507 e. The number of carbonyl (C=O) groups is 1. The van der Waals surface area contributed by atoms with Crippen LogP contribution in [0.3, 0.4) is 0 Å². The molecule has 1 saturated heterocycles. The minimum atomic E-state index is -0.0908. The lowest BCUT2D eigenvalue weighted by Crippen LogP contribution is -2.51. The quantitative estimate of drug-likeness (QED) is 0.768. The molecule has 2 aromatic heterocycles. The molecule has 0 atom stereocenters. The third kappa shape index (κ3) is 2.67. The van der Waals surface area contributed by atoms with Crippen LogP contribution in [0.4, 0.5) is 0 Å². The Morgan fingerprint density at radius 1 is 1.24 bits per heavy atom. The van der Waals surface area contributed by atoms with Crippen LogP contribution in [0.25, 0.3) is 11.3 Å². The number of rotatable bonds is 3. The molecule has 1 aliphatic rings. The van der Waals surface area contributed by atoms with Gasteiger partial charge < -0.3 is 10.0 Å². The summed E-state index contributed by atoms with van der Waals surface area (Å²) < 4.78 is 1.99. The molecule has 0 saturated carbocycles. The maximum absolute atomic E-state index is 12.6. The number of hydrogen-bond acceptors (Lipinski definition) is 4. The van der Waals surface area contributed by atoms with E-state index in [-0.39, 0.29) is 17.7 Å². The molecule has 0 unspecified atom stereocenters. The molecule has 1 aliphatic heterocycles. The standard InChI is InChI=1S/C18H19N5O2/c1-11-7-12(2)23(21-11)13-9-22(10-13)18(25)16-8-15(19-20-16)14-5-3-4-6-17(14)24/h3-8,13,24H,9-10H2,1-2H3,(H,19,20). The van der Waals surface area contributed by atoms with Crippen molar-refractivity contribution >= 4 is 5.91 Å². The van der Waals surface area contributed by atoms with E-state index < -0.39 is 0 Å². The fraction of sp³-hybridized carbons (Fsp3) is 0.278. The first-order valence-electron chi connectivity index (χ1n) is 8.18. The number of aryl methyl sites for hydroxylation is 2. The minimum absolute atomic E-state index is 0.0908. The predicted octanol–water partition coefficient (Wildman–Crippen LogP) is 2.29. The number of phenols is 1. The molecule has 0 aliphatic carbocycles. The van der Waals surface area contributed by atoms with Crippen LogP contribution in [0.15, 0.2) is 36.4 Å². The van der Waals surface area contributed by atoms with Gasteiger partial charge in [-0.1, -0.05) is 12.1 Å². The van der Waals surface area contributed by atoms with Gasteiger partial charge in [-0.2, -0.15) is 10.2 Å². The van der Waals surface area contributed by atoms with Gasteiger partial charge in [-0.3, -0.25) is 14.6 Å². The Bertz CT molecular complexity index is 937. The zero-order valence-electron chi connectivity index (χ0n) is 14.1. The summed E-state index contributed by atoms with van der Waals surface area (Å²) in [5.74, 6) is 0.0495. The van der Waals surface area contributed by atoms with Crippen LogP contribution < -0.4 is 0 Å². The van der Waals surface area contributed by atoms with Crippen molar-refractivity contribution in [2.75, 3.05) is 13.1 Å². The Morgan fingerprint density at radius 2 is 2.00 bits per heavy atom. The van der Waals surface area contributed by atoms with Crippen molar-refractivity contribution in [2.45, 2.75) is 19.9 Å². The monoisotopic (exact) mass is 337 g/mol. The van der Waals surface area contributed by atoms with Crippen LogP contribution in [0.2, 0.25) is 0 Å². The van der Waals surface area contributed by atoms with E-state index in [2.05, 4.69) is 15.3 Å². The van der Waals surface area contributed by atoms with Crippen LogP contribution in [0.5, 0.6) is 5.75 Å². The van der Waals surface area contributed by atoms with Gasteiger partial charge in [0.2, 0.25) is 0 Å². The van der Waals surface area contributed by atoms with Crippen molar-refractivity contribution in [3.63, 3.8) is 0 Å². The number of aromatic nitrogens is 4. The smallest absolute Gasteiger partial charge is 0.272 e. The highest BCUT2D eigenvalue weighted by Crippen LogP contribution is 2.29. The zero-order valence-corrected chi connectivity index (χ0v) is 14.1. The lowest BCUT2D eigenvalue weighted by molar-refractivity contribution is 0.0491. The SMILES string of the molecule is Cc1cc(C)n(C2CN(C(=O)c3cc(-c4ccccc4O)n[nH]3)C2)n1. The van der Waals surface area contributed by atoms with Gasteiger partial charge in [0, 0.05) is 24.3 Å². The van der Waals surface area contributed by atoms with Gasteiger partial charge in [-0.15, -0.1) is 0 Å². The number of H-pyrrole nitrogens is 1. The third-order valence-electron chi connectivity index (χ3n) is 4.53. The second-order valence-electron chi connectivity index (χ2n) is 6.42. The highest BCUT2D eigenvalue weighted by Gasteiger charge is 2.34. The summed E-state index contributed by atoms with van der Waals surface area (Å²) in [5.41, 5.74) is 3.67. The number of likely N-dealkylation sites (tertiary alicyclic amines) is 1. The summed E-state index contributed by atoms with van der Waals surface area (Å²) in [7, 11) is 0. The van der Waals surface area contributed by atoms with E-state index in [0.717, 1.165) is 11.4 Å². The van der Waals surface area contributed by atoms with Gasteiger partial charge in [0.15, 0.2) is 0 Å². The van der Waals surface area contributed by atoms with E-state index >= 15 is 0 Å². The molecule has 3 heterocycles. The summed E-state index contributed by atoms with van der Waals surface area (Å²) in [6.07, 6.45) is 0. The maximum atomic E-state index is 12.6. The van der Waals surface area contributed by atoms with Gasteiger partial charge >= 0.3 is 0 Å². The first-order valence-corrected chi connectivity index (χ1v) is 8.18. The molecule has 7 heteroatoms. The van der Waals surface area contributed by atoms with E-state index in [1.54, 1.807) is 29.2 Å². The zero-order chi connectivity index (χ0) is 17.6. The predicted molar refractivity (Wildman–Crippen MR) is 92.3 cm³/mol. The average Bonchev–Trinajstić information content (AvgIpc) is 3.13. The van der Waals surface area contributed by atoms with Crippen molar-refractivity contribution in [2.24, 2.45) is 0 Å². The van der Waals surface area contributed by atoms with E-state index in [1.165, 1.54) is 0 Å². The number of aromatic amines is 1. The molecule has 0 radical (unpaired) electrons. The molecule has 0 bridgehead atoms. The number of aromatic hydroxyl groups is 1. The molecule has 0 spiro atoms. The Hall–Kier alpha value is -3.09. The Kier molecular flexibility index (Phi) is 3.56. The maximum Gasteiger partial charge on any atom is 0.272 e. The number of carbonyl (C=O) groups excluding carboxylic acids is 1. The molecule has 7 nitrogen and oxygen atoms in total. The number of benzene rings is 1. The van der Waals surface area contributed by atoms with E-state index in [1.807, 2.05) is 30.7 Å². The van der Waals surface area contributed by atoms with Crippen LogP contribution in [0.1, 0.15) is 27.9 Å². The first-order chi connectivity index (χ1) is 12.0. The molecule has 1 fully saturated rings. The Balaban J connectivity index is 1.47. The van der Waals surface area contributed by atoms with E-state index in [9.17, 15) is 9.90 Å². The second kappa shape index (κ2) is 5.77. The highest BCUT2D eigenvalue weighted by molar-refractivity contribution is 5.94. The van der Waals surface area contributed by atoms with Gasteiger partial charge in [0.1, 0.15) is 11.4 Å². The Morgan fingerprint density at radius 3 is 2.68 bits per heavy atom. The number of amides is 1. The molecular formula is C18H19N5O2. The lowest BCUT2D eigenvalue weighted by atomic mass is 10.1. The summed E-state index contributed by atoms with van der Waals surface area (Å²) >= 11 is 0. The Labute approximate surface area is 144 Å².